The maximum atomic E-state index is 13.2. The van der Waals surface area contributed by atoms with E-state index in [-0.39, 0.29) is 11.4 Å². The van der Waals surface area contributed by atoms with E-state index in [1.54, 1.807) is 25.3 Å². The molecule has 0 fully saturated rings. The Morgan fingerprint density at radius 1 is 1.15 bits per heavy atom. The van der Waals surface area contributed by atoms with Crippen molar-refractivity contribution in [1.29, 1.82) is 0 Å². The smallest absolute Gasteiger partial charge is 0.324 e. The van der Waals surface area contributed by atoms with Gasteiger partial charge in [-0.25, -0.2) is 8.42 Å². The van der Waals surface area contributed by atoms with Crippen molar-refractivity contribution >= 4 is 16.0 Å². The van der Waals surface area contributed by atoms with Crippen LogP contribution in [0.15, 0.2) is 53.4 Å². The second kappa shape index (κ2) is 8.10. The highest BCUT2D eigenvalue weighted by molar-refractivity contribution is 7.89. The number of methoxy groups -OCH3 is 1. The highest BCUT2D eigenvalue weighted by Gasteiger charge is 2.42. The van der Waals surface area contributed by atoms with Gasteiger partial charge in [-0.2, -0.15) is 4.31 Å². The molecule has 0 aromatic heterocycles. The molecule has 2 aromatic rings. The first-order chi connectivity index (χ1) is 12.6. The van der Waals surface area contributed by atoms with Crippen LogP contribution in [0.25, 0.3) is 0 Å². The highest BCUT2D eigenvalue weighted by atomic mass is 32.2. The van der Waals surface area contributed by atoms with Crippen LogP contribution in [0, 0.1) is 6.92 Å². The van der Waals surface area contributed by atoms with Crippen molar-refractivity contribution in [2.45, 2.75) is 37.6 Å². The van der Waals surface area contributed by atoms with Crippen LogP contribution in [0.5, 0.6) is 5.75 Å². The number of hydrogen-bond acceptors (Lipinski definition) is 4. The van der Waals surface area contributed by atoms with E-state index < -0.39 is 21.5 Å². The molecule has 0 saturated carbocycles. The van der Waals surface area contributed by atoms with Gasteiger partial charge in [0.05, 0.1) is 12.0 Å². The topological polar surface area (TPSA) is 83.9 Å². The number of carboxylic acid groups (broad SMARTS) is 1. The lowest BCUT2D eigenvalue weighted by Crippen LogP contribution is -2.53. The lowest BCUT2D eigenvalue weighted by molar-refractivity contribution is -0.146. The number of aryl methyl sites for hydroxylation is 1. The van der Waals surface area contributed by atoms with Crippen molar-refractivity contribution in [3.63, 3.8) is 0 Å². The first-order valence-corrected chi connectivity index (χ1v) is 9.99. The Bertz CT molecular complexity index is 904. The van der Waals surface area contributed by atoms with Crippen LogP contribution in [0.1, 0.15) is 25.0 Å². The van der Waals surface area contributed by atoms with Gasteiger partial charge >= 0.3 is 5.97 Å². The number of carboxylic acids is 1. The first kappa shape index (κ1) is 20.9. The summed E-state index contributed by atoms with van der Waals surface area (Å²) in [6.07, 6.45) is 0.360. The number of sulfonamides is 1. The normalized spacial score (nSPS) is 12.2. The van der Waals surface area contributed by atoms with E-state index in [1.165, 1.54) is 26.0 Å². The molecular formula is C20H25NO5S. The molecule has 27 heavy (non-hydrogen) atoms. The molecule has 0 aliphatic carbocycles. The van der Waals surface area contributed by atoms with E-state index >= 15 is 0 Å². The quantitative estimate of drug-likeness (QED) is 0.747. The van der Waals surface area contributed by atoms with Crippen molar-refractivity contribution in [3.8, 4) is 5.75 Å². The van der Waals surface area contributed by atoms with Gasteiger partial charge in [-0.1, -0.05) is 29.8 Å². The number of carbonyl (C=O) groups is 1. The van der Waals surface area contributed by atoms with Crippen molar-refractivity contribution < 1.29 is 23.1 Å². The van der Waals surface area contributed by atoms with Gasteiger partial charge in [0.2, 0.25) is 10.0 Å². The Morgan fingerprint density at radius 2 is 1.78 bits per heavy atom. The van der Waals surface area contributed by atoms with Crippen LogP contribution >= 0.6 is 0 Å². The number of rotatable bonds is 8. The Balaban J connectivity index is 2.39. The molecule has 2 aromatic carbocycles. The van der Waals surface area contributed by atoms with E-state index in [0.717, 1.165) is 15.4 Å². The van der Waals surface area contributed by atoms with Crippen LogP contribution in [0.2, 0.25) is 0 Å². The summed E-state index contributed by atoms with van der Waals surface area (Å²) >= 11 is 0. The zero-order valence-electron chi connectivity index (χ0n) is 16.0. The Kier molecular flexibility index (Phi) is 6.28. The zero-order valence-corrected chi connectivity index (χ0v) is 16.8. The molecular weight excluding hydrogens is 366 g/mol. The van der Waals surface area contributed by atoms with E-state index in [2.05, 4.69) is 0 Å². The minimum atomic E-state index is -3.99. The predicted octanol–water partition coefficient (Wildman–Crippen LogP) is 3.10. The molecule has 0 saturated heterocycles. The fourth-order valence-electron chi connectivity index (χ4n) is 2.70. The summed E-state index contributed by atoms with van der Waals surface area (Å²) in [7, 11) is -2.43. The summed E-state index contributed by atoms with van der Waals surface area (Å²) in [6, 6.07) is 13.7. The van der Waals surface area contributed by atoms with Crippen molar-refractivity contribution in [2.75, 3.05) is 13.7 Å². The second-order valence-electron chi connectivity index (χ2n) is 6.86. The molecule has 0 heterocycles. The molecule has 0 aliphatic heterocycles. The van der Waals surface area contributed by atoms with Crippen molar-refractivity contribution in [1.82, 2.24) is 4.31 Å². The molecule has 1 N–H and O–H groups in total. The third kappa shape index (κ3) is 4.67. The van der Waals surface area contributed by atoms with E-state index in [9.17, 15) is 18.3 Å². The second-order valence-corrected chi connectivity index (χ2v) is 8.72. The van der Waals surface area contributed by atoms with Gasteiger partial charge in [0.15, 0.2) is 0 Å². The molecule has 2 rings (SSSR count). The van der Waals surface area contributed by atoms with Crippen LogP contribution in [-0.2, 0) is 21.2 Å². The Morgan fingerprint density at radius 3 is 2.33 bits per heavy atom. The summed E-state index contributed by atoms with van der Waals surface area (Å²) in [6.45, 7) is 4.68. The summed E-state index contributed by atoms with van der Waals surface area (Å²) in [5.41, 5.74) is 0.191. The molecule has 6 nitrogen and oxygen atoms in total. The summed E-state index contributed by atoms with van der Waals surface area (Å²) in [4.78, 5) is 11.9. The predicted molar refractivity (Wildman–Crippen MR) is 103 cm³/mol. The standard InChI is InChI=1S/C20H25NO5S/c1-15-8-10-18(11-9-15)27(24,25)21(20(2,3)19(22)23)13-12-16-6-5-7-17(14-16)26-4/h5-11,14H,12-13H2,1-4H3,(H,22,23). The molecule has 0 radical (unpaired) electrons. The average Bonchev–Trinajstić information content (AvgIpc) is 2.62. The molecule has 146 valence electrons. The molecule has 7 heteroatoms. The summed E-state index contributed by atoms with van der Waals surface area (Å²) in [5, 5.41) is 9.62. The van der Waals surface area contributed by atoms with Crippen LogP contribution in [-0.4, -0.2) is 43.0 Å². The molecule has 0 atom stereocenters. The van der Waals surface area contributed by atoms with Gasteiger partial charge in [0.25, 0.3) is 0 Å². The SMILES string of the molecule is COc1cccc(CCN(C(C)(C)C(=O)O)S(=O)(=O)c2ccc(C)cc2)c1. The highest BCUT2D eigenvalue weighted by Crippen LogP contribution is 2.26. The van der Waals surface area contributed by atoms with E-state index in [1.807, 2.05) is 25.1 Å². The molecule has 0 unspecified atom stereocenters. The number of benzene rings is 2. The molecule has 0 spiro atoms. The van der Waals surface area contributed by atoms with Gasteiger partial charge in [-0.3, -0.25) is 4.79 Å². The number of hydrogen-bond donors (Lipinski definition) is 1. The van der Waals surface area contributed by atoms with Crippen LogP contribution in [0.3, 0.4) is 0 Å². The summed E-state index contributed by atoms with van der Waals surface area (Å²) < 4.78 is 32.6. The third-order valence-electron chi connectivity index (χ3n) is 4.49. The van der Waals surface area contributed by atoms with Crippen LogP contribution < -0.4 is 4.74 Å². The molecule has 0 amide bonds. The van der Waals surface area contributed by atoms with E-state index in [4.69, 9.17) is 4.74 Å². The lowest BCUT2D eigenvalue weighted by Gasteiger charge is -2.34. The summed E-state index contributed by atoms with van der Waals surface area (Å²) in [5.74, 6) is -0.540. The first-order valence-electron chi connectivity index (χ1n) is 8.55. The molecule has 0 aliphatic rings. The maximum Gasteiger partial charge on any atom is 0.324 e. The third-order valence-corrected chi connectivity index (χ3v) is 6.58. The van der Waals surface area contributed by atoms with Gasteiger partial charge in [-0.15, -0.1) is 0 Å². The number of aliphatic carboxylic acids is 1. The Labute approximate surface area is 160 Å². The monoisotopic (exact) mass is 391 g/mol. The van der Waals surface area contributed by atoms with Gasteiger partial charge in [0.1, 0.15) is 11.3 Å². The van der Waals surface area contributed by atoms with Crippen molar-refractivity contribution in [3.05, 3.63) is 59.7 Å². The molecule has 0 bridgehead atoms. The average molecular weight is 391 g/mol. The minimum Gasteiger partial charge on any atom is -0.497 e. The van der Waals surface area contributed by atoms with Gasteiger partial charge in [0, 0.05) is 6.54 Å². The van der Waals surface area contributed by atoms with Gasteiger partial charge in [-0.05, 0) is 57.0 Å². The Hall–Kier alpha value is -2.38. The lowest BCUT2D eigenvalue weighted by atomic mass is 10.1. The largest absolute Gasteiger partial charge is 0.497 e. The van der Waals surface area contributed by atoms with E-state index in [0.29, 0.717) is 12.2 Å². The number of ether oxygens (including phenoxy) is 1. The fourth-order valence-corrected chi connectivity index (χ4v) is 4.45. The van der Waals surface area contributed by atoms with Crippen LogP contribution in [0.4, 0.5) is 0 Å². The van der Waals surface area contributed by atoms with Crippen molar-refractivity contribution in [2.24, 2.45) is 0 Å². The zero-order chi connectivity index (χ0) is 20.2. The minimum absolute atomic E-state index is 0.0304. The van der Waals surface area contributed by atoms with Gasteiger partial charge < -0.3 is 9.84 Å². The number of nitrogens with zero attached hydrogens (tertiary/aromatic N) is 1. The maximum absolute atomic E-state index is 13.2. The fraction of sp³-hybridized carbons (Fsp3) is 0.350.